The van der Waals surface area contributed by atoms with E-state index < -0.39 is 12.0 Å². The highest BCUT2D eigenvalue weighted by Gasteiger charge is 2.32. The zero-order valence-corrected chi connectivity index (χ0v) is 13.4. The Kier molecular flexibility index (Phi) is 4.84. The second kappa shape index (κ2) is 7.02. The number of anilines is 1. The standard InChI is InChI=1S/C18H24N2O3/c21-17(20-13-5-2-6-16(20)18(22)23)14-7-9-15(10-8-14)19-11-3-1-4-12-19/h7-10,16H,1-6,11-13H2,(H,22,23). The normalized spacial score (nSPS) is 22.0. The van der Waals surface area contributed by atoms with Gasteiger partial charge in [-0.15, -0.1) is 0 Å². The van der Waals surface area contributed by atoms with Crippen molar-refractivity contribution in [1.82, 2.24) is 4.90 Å². The maximum atomic E-state index is 12.7. The summed E-state index contributed by atoms with van der Waals surface area (Å²) in [5.74, 6) is -1.06. The quantitative estimate of drug-likeness (QED) is 0.931. The Morgan fingerprint density at radius 1 is 0.913 bits per heavy atom. The highest BCUT2D eigenvalue weighted by atomic mass is 16.4. The van der Waals surface area contributed by atoms with E-state index in [1.165, 1.54) is 24.2 Å². The highest BCUT2D eigenvalue weighted by molar-refractivity contribution is 5.97. The molecule has 1 aromatic rings. The van der Waals surface area contributed by atoms with E-state index in [4.69, 9.17) is 0 Å². The Morgan fingerprint density at radius 3 is 2.22 bits per heavy atom. The van der Waals surface area contributed by atoms with E-state index >= 15 is 0 Å². The highest BCUT2D eigenvalue weighted by Crippen LogP contribution is 2.23. The lowest BCUT2D eigenvalue weighted by Crippen LogP contribution is -2.47. The number of hydrogen-bond donors (Lipinski definition) is 1. The number of carbonyl (C=O) groups excluding carboxylic acids is 1. The minimum absolute atomic E-state index is 0.165. The molecule has 5 heteroatoms. The Balaban J connectivity index is 1.72. The fourth-order valence-electron chi connectivity index (χ4n) is 3.56. The monoisotopic (exact) mass is 316 g/mol. The van der Waals surface area contributed by atoms with Crippen LogP contribution in [0.1, 0.15) is 48.9 Å². The summed E-state index contributed by atoms with van der Waals surface area (Å²) in [7, 11) is 0. The number of carbonyl (C=O) groups is 2. The molecule has 0 saturated carbocycles. The average Bonchev–Trinajstić information content (AvgIpc) is 2.62. The van der Waals surface area contributed by atoms with E-state index in [0.717, 1.165) is 31.6 Å². The zero-order valence-electron chi connectivity index (χ0n) is 13.4. The van der Waals surface area contributed by atoms with Crippen molar-refractivity contribution in [2.45, 2.75) is 44.6 Å². The Bertz CT molecular complexity index is 564. The molecule has 3 rings (SSSR count). The molecule has 0 bridgehead atoms. The number of piperidine rings is 2. The van der Waals surface area contributed by atoms with Gasteiger partial charge in [0.1, 0.15) is 6.04 Å². The van der Waals surface area contributed by atoms with E-state index in [9.17, 15) is 14.7 Å². The van der Waals surface area contributed by atoms with Crippen LogP contribution in [0.5, 0.6) is 0 Å². The molecule has 0 aromatic heterocycles. The molecule has 1 N–H and O–H groups in total. The Hall–Kier alpha value is -2.04. The van der Waals surface area contributed by atoms with Gasteiger partial charge in [0.25, 0.3) is 5.91 Å². The van der Waals surface area contributed by atoms with Gasteiger partial charge in [-0.3, -0.25) is 4.79 Å². The number of benzene rings is 1. The molecule has 2 saturated heterocycles. The number of hydrogen-bond acceptors (Lipinski definition) is 3. The van der Waals surface area contributed by atoms with Crippen LogP contribution in [0.4, 0.5) is 5.69 Å². The molecule has 2 fully saturated rings. The molecular weight excluding hydrogens is 292 g/mol. The number of nitrogens with zero attached hydrogens (tertiary/aromatic N) is 2. The molecule has 23 heavy (non-hydrogen) atoms. The van der Waals surface area contributed by atoms with Crippen molar-refractivity contribution in [1.29, 1.82) is 0 Å². The number of carboxylic acid groups (broad SMARTS) is 1. The first-order valence-corrected chi connectivity index (χ1v) is 8.55. The lowest BCUT2D eigenvalue weighted by atomic mass is 10.0. The van der Waals surface area contributed by atoms with Crippen molar-refractivity contribution in [3.63, 3.8) is 0 Å². The van der Waals surface area contributed by atoms with Crippen LogP contribution in [0.2, 0.25) is 0 Å². The molecule has 1 atom stereocenters. The molecule has 1 amide bonds. The smallest absolute Gasteiger partial charge is 0.326 e. The number of amides is 1. The molecule has 0 spiro atoms. The lowest BCUT2D eigenvalue weighted by Gasteiger charge is -2.33. The number of carboxylic acids is 1. The Labute approximate surface area is 136 Å². The van der Waals surface area contributed by atoms with Gasteiger partial charge < -0.3 is 14.9 Å². The summed E-state index contributed by atoms with van der Waals surface area (Å²) in [6.45, 7) is 2.67. The van der Waals surface area contributed by atoms with Crippen molar-refractivity contribution < 1.29 is 14.7 Å². The van der Waals surface area contributed by atoms with Gasteiger partial charge in [0, 0.05) is 30.9 Å². The van der Waals surface area contributed by atoms with Crippen LogP contribution in [-0.2, 0) is 4.79 Å². The Morgan fingerprint density at radius 2 is 1.57 bits per heavy atom. The van der Waals surface area contributed by atoms with Crippen molar-refractivity contribution in [3.05, 3.63) is 29.8 Å². The van der Waals surface area contributed by atoms with Crippen molar-refractivity contribution in [2.75, 3.05) is 24.5 Å². The second-order valence-corrected chi connectivity index (χ2v) is 6.44. The molecule has 0 aliphatic carbocycles. The van der Waals surface area contributed by atoms with Crippen molar-refractivity contribution >= 4 is 17.6 Å². The third-order valence-electron chi connectivity index (χ3n) is 4.88. The fourth-order valence-corrected chi connectivity index (χ4v) is 3.56. The summed E-state index contributed by atoms with van der Waals surface area (Å²) < 4.78 is 0. The number of likely N-dealkylation sites (tertiary alicyclic amines) is 1. The topological polar surface area (TPSA) is 60.9 Å². The SMILES string of the molecule is O=C(O)C1CCCCN1C(=O)c1ccc(N2CCCCC2)cc1. The summed E-state index contributed by atoms with van der Waals surface area (Å²) in [6.07, 6.45) is 6.02. The van der Waals surface area contributed by atoms with Crippen molar-refractivity contribution in [3.8, 4) is 0 Å². The third kappa shape index (κ3) is 3.49. The fraction of sp³-hybridized carbons (Fsp3) is 0.556. The van der Waals surface area contributed by atoms with E-state index in [1.54, 1.807) is 0 Å². The maximum absolute atomic E-state index is 12.7. The summed E-state index contributed by atoms with van der Waals surface area (Å²) in [5.41, 5.74) is 1.73. The van der Waals surface area contributed by atoms with Gasteiger partial charge in [0.2, 0.25) is 0 Å². The van der Waals surface area contributed by atoms with Gasteiger partial charge in [-0.25, -0.2) is 4.79 Å². The van der Waals surface area contributed by atoms with E-state index in [1.807, 2.05) is 24.3 Å². The van der Waals surface area contributed by atoms with Gasteiger partial charge >= 0.3 is 5.97 Å². The van der Waals surface area contributed by atoms with Gasteiger partial charge in [0.05, 0.1) is 0 Å². The van der Waals surface area contributed by atoms with Crippen LogP contribution in [0.25, 0.3) is 0 Å². The molecule has 2 aliphatic heterocycles. The van der Waals surface area contributed by atoms with Crippen LogP contribution >= 0.6 is 0 Å². The van der Waals surface area contributed by atoms with E-state index in [0.29, 0.717) is 18.5 Å². The minimum Gasteiger partial charge on any atom is -0.480 e. The largest absolute Gasteiger partial charge is 0.480 e. The minimum atomic E-state index is -0.900. The van der Waals surface area contributed by atoms with Crippen LogP contribution in [0.15, 0.2) is 24.3 Å². The van der Waals surface area contributed by atoms with Crippen molar-refractivity contribution in [2.24, 2.45) is 0 Å². The van der Waals surface area contributed by atoms with Gasteiger partial charge in [-0.05, 0) is 62.8 Å². The molecule has 1 aromatic carbocycles. The number of rotatable bonds is 3. The second-order valence-electron chi connectivity index (χ2n) is 6.44. The van der Waals surface area contributed by atoms with Crippen LogP contribution in [0, 0.1) is 0 Å². The summed E-state index contributed by atoms with van der Waals surface area (Å²) in [5, 5.41) is 9.32. The average molecular weight is 316 g/mol. The predicted molar refractivity (Wildman–Crippen MR) is 88.8 cm³/mol. The molecule has 5 nitrogen and oxygen atoms in total. The molecular formula is C18H24N2O3. The van der Waals surface area contributed by atoms with E-state index in [2.05, 4.69) is 4.90 Å². The molecule has 2 aliphatic rings. The first-order chi connectivity index (χ1) is 11.2. The summed E-state index contributed by atoms with van der Waals surface area (Å²) >= 11 is 0. The first kappa shape index (κ1) is 15.8. The summed E-state index contributed by atoms with van der Waals surface area (Å²) in [4.78, 5) is 27.9. The van der Waals surface area contributed by atoms with Crippen LogP contribution in [-0.4, -0.2) is 47.6 Å². The van der Waals surface area contributed by atoms with E-state index in [-0.39, 0.29) is 5.91 Å². The van der Waals surface area contributed by atoms with Crippen LogP contribution < -0.4 is 4.90 Å². The lowest BCUT2D eigenvalue weighted by molar-refractivity contribution is -0.143. The summed E-state index contributed by atoms with van der Waals surface area (Å²) in [6, 6.07) is 6.95. The molecule has 124 valence electrons. The molecule has 0 radical (unpaired) electrons. The van der Waals surface area contributed by atoms with Crippen LogP contribution in [0.3, 0.4) is 0 Å². The van der Waals surface area contributed by atoms with Gasteiger partial charge in [-0.1, -0.05) is 0 Å². The zero-order chi connectivity index (χ0) is 16.2. The third-order valence-corrected chi connectivity index (χ3v) is 4.88. The van der Waals surface area contributed by atoms with Gasteiger partial charge in [-0.2, -0.15) is 0 Å². The number of aliphatic carboxylic acids is 1. The molecule has 1 unspecified atom stereocenters. The van der Waals surface area contributed by atoms with Gasteiger partial charge in [0.15, 0.2) is 0 Å². The maximum Gasteiger partial charge on any atom is 0.326 e. The predicted octanol–water partition coefficient (Wildman–Crippen LogP) is 2.76. The molecule has 2 heterocycles. The first-order valence-electron chi connectivity index (χ1n) is 8.55.